The fraction of sp³-hybridized carbons (Fsp3) is 0.455. The Bertz CT molecular complexity index is 829. The van der Waals surface area contributed by atoms with Gasteiger partial charge in [0, 0.05) is 17.4 Å². The number of fused-ring (bicyclic) bond motifs is 6. The smallest absolute Gasteiger partial charge is 0.144 e. The first-order valence-electron chi connectivity index (χ1n) is 9.25. The SMILES string of the molecule is CC1(C)Oc2c(Cl)cccc2[C@H]2O[C@H]3CCc4ccccc4[C@H]3C[C@@H]21. The highest BCUT2D eigenvalue weighted by atomic mass is 35.5. The molecule has 2 nitrogen and oxygen atoms in total. The van der Waals surface area contributed by atoms with E-state index in [9.17, 15) is 0 Å². The predicted molar refractivity (Wildman–Crippen MR) is 99.4 cm³/mol. The number of hydrogen-bond acceptors (Lipinski definition) is 2. The third-order valence-corrected chi connectivity index (χ3v) is 6.66. The van der Waals surface area contributed by atoms with Crippen LogP contribution in [0.15, 0.2) is 42.5 Å². The quantitative estimate of drug-likeness (QED) is 0.605. The lowest BCUT2D eigenvalue weighted by Crippen LogP contribution is -2.51. The second-order valence-corrected chi connectivity index (χ2v) is 8.55. The molecule has 1 aliphatic carbocycles. The summed E-state index contributed by atoms with van der Waals surface area (Å²) in [5.41, 5.74) is 3.79. The van der Waals surface area contributed by atoms with Crippen molar-refractivity contribution in [3.8, 4) is 5.75 Å². The molecular formula is C22H23ClO2. The Labute approximate surface area is 154 Å². The number of aryl methyl sites for hydroxylation is 1. The number of halogens is 1. The minimum atomic E-state index is -0.292. The molecular weight excluding hydrogens is 332 g/mol. The van der Waals surface area contributed by atoms with E-state index in [-0.39, 0.29) is 17.8 Å². The molecule has 4 atom stereocenters. The molecule has 2 heterocycles. The van der Waals surface area contributed by atoms with E-state index in [1.165, 1.54) is 11.1 Å². The standard InChI is InChI=1S/C22H23ClO2/c1-22(2)17-12-16-14-7-4-3-6-13(14)10-11-19(16)24-20(17)15-8-5-9-18(23)21(15)25-22/h3-9,16-17,19-20H,10-12H2,1-2H3/t16-,17+,19+,20-/m1/s1. The fourth-order valence-corrected chi connectivity index (χ4v) is 5.30. The number of hydrogen-bond donors (Lipinski definition) is 0. The highest BCUT2D eigenvalue weighted by molar-refractivity contribution is 6.32. The van der Waals surface area contributed by atoms with Gasteiger partial charge in [-0.2, -0.15) is 0 Å². The van der Waals surface area contributed by atoms with Crippen LogP contribution in [0.3, 0.4) is 0 Å². The monoisotopic (exact) mass is 354 g/mol. The maximum absolute atomic E-state index is 6.73. The molecule has 2 aromatic rings. The number of rotatable bonds is 0. The Kier molecular flexibility index (Phi) is 3.45. The van der Waals surface area contributed by atoms with Crippen molar-refractivity contribution in [3.63, 3.8) is 0 Å². The van der Waals surface area contributed by atoms with Gasteiger partial charge in [0.25, 0.3) is 0 Å². The van der Waals surface area contributed by atoms with Gasteiger partial charge >= 0.3 is 0 Å². The first-order valence-corrected chi connectivity index (χ1v) is 9.63. The van der Waals surface area contributed by atoms with Crippen molar-refractivity contribution in [1.82, 2.24) is 0 Å². The van der Waals surface area contributed by atoms with E-state index in [1.54, 1.807) is 0 Å². The minimum absolute atomic E-state index is 0.0731. The van der Waals surface area contributed by atoms with E-state index in [0.717, 1.165) is 30.6 Å². The van der Waals surface area contributed by atoms with Crippen molar-refractivity contribution in [3.05, 3.63) is 64.2 Å². The average Bonchev–Trinajstić information content (AvgIpc) is 2.61. The second kappa shape index (κ2) is 5.49. The van der Waals surface area contributed by atoms with Crippen LogP contribution in [0.2, 0.25) is 5.02 Å². The summed E-state index contributed by atoms with van der Waals surface area (Å²) >= 11 is 6.42. The van der Waals surface area contributed by atoms with Crippen LogP contribution in [0.25, 0.3) is 0 Å². The molecule has 25 heavy (non-hydrogen) atoms. The zero-order chi connectivity index (χ0) is 17.2. The molecule has 1 fully saturated rings. The molecule has 2 aliphatic heterocycles. The minimum Gasteiger partial charge on any atom is -0.486 e. The molecule has 0 N–H and O–H groups in total. The summed E-state index contributed by atoms with van der Waals surface area (Å²) in [5, 5.41) is 0.684. The van der Waals surface area contributed by atoms with Crippen LogP contribution in [0.5, 0.6) is 5.75 Å². The number of ether oxygens (including phenoxy) is 2. The average molecular weight is 355 g/mol. The topological polar surface area (TPSA) is 18.5 Å². The van der Waals surface area contributed by atoms with Crippen LogP contribution in [-0.2, 0) is 11.2 Å². The maximum Gasteiger partial charge on any atom is 0.144 e. The van der Waals surface area contributed by atoms with Gasteiger partial charge in [-0.15, -0.1) is 0 Å². The van der Waals surface area contributed by atoms with E-state index in [2.05, 4.69) is 44.2 Å². The molecule has 0 aromatic heterocycles. The summed E-state index contributed by atoms with van der Waals surface area (Å²) in [4.78, 5) is 0. The van der Waals surface area contributed by atoms with Crippen LogP contribution in [0, 0.1) is 5.92 Å². The zero-order valence-corrected chi connectivity index (χ0v) is 15.4. The first kappa shape index (κ1) is 15.7. The summed E-state index contributed by atoms with van der Waals surface area (Å²) < 4.78 is 13.1. The third-order valence-electron chi connectivity index (χ3n) is 6.36. The molecule has 3 aliphatic rings. The van der Waals surface area contributed by atoms with E-state index in [1.807, 2.05) is 12.1 Å². The predicted octanol–water partition coefficient (Wildman–Crippen LogP) is 5.69. The summed E-state index contributed by atoms with van der Waals surface area (Å²) in [7, 11) is 0. The molecule has 0 saturated carbocycles. The Morgan fingerprint density at radius 2 is 1.84 bits per heavy atom. The summed E-state index contributed by atoms with van der Waals surface area (Å²) in [6, 6.07) is 14.9. The Morgan fingerprint density at radius 3 is 2.72 bits per heavy atom. The van der Waals surface area contributed by atoms with Crippen LogP contribution in [0.4, 0.5) is 0 Å². The van der Waals surface area contributed by atoms with Crippen LogP contribution < -0.4 is 4.74 Å². The number of para-hydroxylation sites is 1. The summed E-state index contributed by atoms with van der Waals surface area (Å²) in [6.45, 7) is 4.35. The molecule has 2 aromatic carbocycles. The van der Waals surface area contributed by atoms with Gasteiger partial charge in [-0.1, -0.05) is 48.0 Å². The van der Waals surface area contributed by atoms with Gasteiger partial charge in [-0.3, -0.25) is 0 Å². The maximum atomic E-state index is 6.73. The van der Waals surface area contributed by atoms with Gasteiger partial charge in [0.2, 0.25) is 0 Å². The van der Waals surface area contributed by atoms with E-state index < -0.39 is 0 Å². The van der Waals surface area contributed by atoms with Crippen molar-refractivity contribution in [1.29, 1.82) is 0 Å². The lowest BCUT2D eigenvalue weighted by Gasteiger charge is -2.52. The van der Waals surface area contributed by atoms with Gasteiger partial charge < -0.3 is 9.47 Å². The molecule has 3 heteroatoms. The van der Waals surface area contributed by atoms with Crippen LogP contribution in [-0.4, -0.2) is 11.7 Å². The highest BCUT2D eigenvalue weighted by Gasteiger charge is 2.51. The van der Waals surface area contributed by atoms with Gasteiger partial charge in [0.15, 0.2) is 0 Å². The van der Waals surface area contributed by atoms with E-state index >= 15 is 0 Å². The molecule has 0 bridgehead atoms. The first-order chi connectivity index (χ1) is 12.0. The van der Waals surface area contributed by atoms with E-state index in [4.69, 9.17) is 21.1 Å². The lowest BCUT2D eigenvalue weighted by molar-refractivity contribution is -0.161. The Hall–Kier alpha value is -1.51. The Balaban J connectivity index is 1.58. The third kappa shape index (κ3) is 2.34. The molecule has 0 spiro atoms. The normalized spacial score (nSPS) is 31.8. The van der Waals surface area contributed by atoms with Crippen molar-refractivity contribution in [2.75, 3.05) is 0 Å². The van der Waals surface area contributed by atoms with Crippen LogP contribution >= 0.6 is 11.6 Å². The molecule has 0 radical (unpaired) electrons. The lowest BCUT2D eigenvalue weighted by atomic mass is 9.67. The van der Waals surface area contributed by atoms with Crippen molar-refractivity contribution in [2.45, 2.75) is 56.8 Å². The molecule has 5 rings (SSSR count). The van der Waals surface area contributed by atoms with Gasteiger partial charge in [-0.05, 0) is 50.3 Å². The van der Waals surface area contributed by atoms with Crippen molar-refractivity contribution < 1.29 is 9.47 Å². The molecule has 0 amide bonds. The molecule has 1 saturated heterocycles. The van der Waals surface area contributed by atoms with Crippen molar-refractivity contribution in [2.24, 2.45) is 5.92 Å². The second-order valence-electron chi connectivity index (χ2n) is 8.15. The summed E-state index contributed by atoms with van der Waals surface area (Å²) in [6.07, 6.45) is 3.67. The fourth-order valence-electron chi connectivity index (χ4n) is 5.08. The molecule has 0 unspecified atom stereocenters. The summed E-state index contributed by atoms with van der Waals surface area (Å²) in [5.74, 6) is 1.60. The number of benzene rings is 2. The van der Waals surface area contributed by atoms with Crippen LogP contribution in [0.1, 0.15) is 55.4 Å². The zero-order valence-electron chi connectivity index (χ0n) is 14.7. The Morgan fingerprint density at radius 1 is 1.04 bits per heavy atom. The van der Waals surface area contributed by atoms with Gasteiger partial charge in [0.1, 0.15) is 11.4 Å². The van der Waals surface area contributed by atoms with E-state index in [0.29, 0.717) is 16.9 Å². The van der Waals surface area contributed by atoms with Gasteiger partial charge in [0.05, 0.1) is 17.2 Å². The highest BCUT2D eigenvalue weighted by Crippen LogP contribution is 2.56. The largest absolute Gasteiger partial charge is 0.486 e. The van der Waals surface area contributed by atoms with Crippen molar-refractivity contribution >= 4 is 11.6 Å². The molecule has 130 valence electrons. The van der Waals surface area contributed by atoms with Gasteiger partial charge in [-0.25, -0.2) is 0 Å².